The highest BCUT2D eigenvalue weighted by Gasteiger charge is 2.60. The van der Waals surface area contributed by atoms with E-state index in [0.29, 0.717) is 22.7 Å². The molecule has 4 aliphatic carbocycles. The number of carbonyl (C=O) groups is 1. The van der Waals surface area contributed by atoms with Gasteiger partial charge in [-0.25, -0.2) is 0 Å². The molecule has 0 radical (unpaired) electrons. The summed E-state index contributed by atoms with van der Waals surface area (Å²) in [7, 11) is 0. The maximum atomic E-state index is 11.4. The van der Waals surface area contributed by atoms with Crippen molar-refractivity contribution in [2.24, 2.45) is 52.3 Å². The van der Waals surface area contributed by atoms with Crippen LogP contribution in [0.15, 0.2) is 0 Å². The molecule has 4 rings (SSSR count). The molecular formula is C25H42O3. The van der Waals surface area contributed by atoms with E-state index in [-0.39, 0.29) is 12.0 Å². The van der Waals surface area contributed by atoms with Gasteiger partial charge < -0.3 is 10.2 Å². The number of carboxylic acid groups (broad SMARTS) is 1. The number of carboxylic acids is 1. The standard InChI is InChI=1S/C25H42O3/c1-15(13-16(2)23(27)28)20-7-8-21-19-6-5-17-14-18(26)9-11-24(17,3)22(19)10-12-25(20,21)4/h15-22,26H,5-14H2,1-4H3,(H,27,28)/t15-,16?,17?,18-,19?,20-,21?,22?,24+,25-/m1/s1. The van der Waals surface area contributed by atoms with Gasteiger partial charge in [0.25, 0.3) is 0 Å². The molecule has 0 heterocycles. The quantitative estimate of drug-likeness (QED) is 0.642. The molecule has 0 bridgehead atoms. The van der Waals surface area contributed by atoms with E-state index < -0.39 is 5.97 Å². The first-order chi connectivity index (χ1) is 13.2. The van der Waals surface area contributed by atoms with Crippen LogP contribution >= 0.6 is 0 Å². The topological polar surface area (TPSA) is 57.5 Å². The molecule has 0 aromatic rings. The second kappa shape index (κ2) is 7.29. The lowest BCUT2D eigenvalue weighted by molar-refractivity contribution is -0.142. The molecule has 4 aliphatic rings. The van der Waals surface area contributed by atoms with Crippen LogP contribution in [0.1, 0.15) is 91.9 Å². The van der Waals surface area contributed by atoms with Crippen molar-refractivity contribution in [2.45, 2.75) is 98.0 Å². The lowest BCUT2D eigenvalue weighted by atomic mass is 9.44. The molecule has 160 valence electrons. The first-order valence-electron chi connectivity index (χ1n) is 12.1. The van der Waals surface area contributed by atoms with Gasteiger partial charge in [-0.05, 0) is 111 Å². The summed E-state index contributed by atoms with van der Waals surface area (Å²) >= 11 is 0. The van der Waals surface area contributed by atoms with E-state index in [4.69, 9.17) is 0 Å². The van der Waals surface area contributed by atoms with Gasteiger partial charge in [-0.1, -0.05) is 27.7 Å². The second-order valence-electron chi connectivity index (χ2n) is 11.8. The predicted molar refractivity (Wildman–Crippen MR) is 112 cm³/mol. The van der Waals surface area contributed by atoms with Crippen molar-refractivity contribution < 1.29 is 15.0 Å². The number of rotatable bonds is 4. The molecule has 0 spiro atoms. The Labute approximate surface area is 171 Å². The molecule has 0 saturated heterocycles. The van der Waals surface area contributed by atoms with Crippen molar-refractivity contribution in [1.29, 1.82) is 0 Å². The van der Waals surface area contributed by atoms with Gasteiger partial charge in [-0.3, -0.25) is 4.79 Å². The average Bonchev–Trinajstić information content (AvgIpc) is 2.99. The first kappa shape index (κ1) is 20.7. The predicted octanol–water partition coefficient (Wildman–Crippen LogP) is 5.75. The van der Waals surface area contributed by atoms with Crippen LogP contribution in [-0.2, 0) is 4.79 Å². The Kier molecular flexibility index (Phi) is 5.39. The molecule has 0 aromatic heterocycles. The Bertz CT molecular complexity index is 603. The minimum absolute atomic E-state index is 0.0589. The van der Waals surface area contributed by atoms with E-state index in [1.54, 1.807) is 0 Å². The number of aliphatic hydroxyl groups excluding tert-OH is 1. The summed E-state index contributed by atoms with van der Waals surface area (Å²) in [6, 6.07) is 0. The van der Waals surface area contributed by atoms with Crippen LogP contribution < -0.4 is 0 Å². The van der Waals surface area contributed by atoms with E-state index in [1.807, 2.05) is 6.92 Å². The molecule has 28 heavy (non-hydrogen) atoms. The van der Waals surface area contributed by atoms with Crippen LogP contribution in [0.4, 0.5) is 0 Å². The number of fused-ring (bicyclic) bond motifs is 5. The summed E-state index contributed by atoms with van der Waals surface area (Å²) in [4.78, 5) is 11.4. The van der Waals surface area contributed by atoms with E-state index in [0.717, 1.165) is 42.9 Å². The fourth-order valence-corrected chi connectivity index (χ4v) is 9.03. The normalized spacial score (nSPS) is 50.2. The lowest BCUT2D eigenvalue weighted by Gasteiger charge is -2.61. The summed E-state index contributed by atoms with van der Waals surface area (Å²) in [5, 5.41) is 19.6. The lowest BCUT2D eigenvalue weighted by Crippen LogP contribution is -2.54. The Morgan fingerprint density at radius 1 is 0.964 bits per heavy atom. The van der Waals surface area contributed by atoms with Crippen molar-refractivity contribution in [2.75, 3.05) is 0 Å². The monoisotopic (exact) mass is 390 g/mol. The fraction of sp³-hybridized carbons (Fsp3) is 0.960. The van der Waals surface area contributed by atoms with E-state index in [2.05, 4.69) is 20.8 Å². The van der Waals surface area contributed by atoms with Gasteiger partial charge in [0.05, 0.1) is 12.0 Å². The highest BCUT2D eigenvalue weighted by molar-refractivity contribution is 5.69. The molecule has 0 aromatic carbocycles. The Hall–Kier alpha value is -0.570. The van der Waals surface area contributed by atoms with Crippen LogP contribution in [0.3, 0.4) is 0 Å². The SMILES string of the molecule is CC(C[C@@H](C)[C@H]1CCC2C3CCC4C[C@H](O)CC[C@]4(C)C3CC[C@@]21C)C(=O)O. The fourth-order valence-electron chi connectivity index (χ4n) is 9.03. The van der Waals surface area contributed by atoms with Crippen molar-refractivity contribution in [3.05, 3.63) is 0 Å². The van der Waals surface area contributed by atoms with Gasteiger partial charge in [0.1, 0.15) is 0 Å². The zero-order chi connectivity index (χ0) is 20.3. The Morgan fingerprint density at radius 2 is 1.64 bits per heavy atom. The molecule has 4 fully saturated rings. The first-order valence-corrected chi connectivity index (χ1v) is 12.1. The van der Waals surface area contributed by atoms with Crippen LogP contribution in [0.2, 0.25) is 0 Å². The van der Waals surface area contributed by atoms with E-state index in [9.17, 15) is 15.0 Å². The van der Waals surface area contributed by atoms with Crippen LogP contribution in [0.5, 0.6) is 0 Å². The molecular weight excluding hydrogens is 348 g/mol. The van der Waals surface area contributed by atoms with Gasteiger partial charge in [-0.2, -0.15) is 0 Å². The molecule has 3 heteroatoms. The zero-order valence-electron chi connectivity index (χ0n) is 18.5. The number of hydrogen-bond acceptors (Lipinski definition) is 2. The summed E-state index contributed by atoms with van der Waals surface area (Å²) in [6.45, 7) is 9.33. The van der Waals surface area contributed by atoms with Gasteiger partial charge in [0, 0.05) is 0 Å². The van der Waals surface area contributed by atoms with Crippen molar-refractivity contribution in [3.8, 4) is 0 Å². The summed E-state index contributed by atoms with van der Waals surface area (Å²) < 4.78 is 0. The van der Waals surface area contributed by atoms with Crippen molar-refractivity contribution in [3.63, 3.8) is 0 Å². The van der Waals surface area contributed by atoms with Gasteiger partial charge in [-0.15, -0.1) is 0 Å². The summed E-state index contributed by atoms with van der Waals surface area (Å²) in [6.07, 6.45) is 12.1. The number of aliphatic carboxylic acids is 1. The average molecular weight is 391 g/mol. The third-order valence-electron chi connectivity index (χ3n) is 10.5. The smallest absolute Gasteiger partial charge is 0.306 e. The number of aliphatic hydroxyl groups is 1. The van der Waals surface area contributed by atoms with Gasteiger partial charge in [0.15, 0.2) is 0 Å². The maximum absolute atomic E-state index is 11.4. The minimum atomic E-state index is -0.638. The molecule has 10 atom stereocenters. The third-order valence-corrected chi connectivity index (χ3v) is 10.5. The summed E-state index contributed by atoms with van der Waals surface area (Å²) in [5.41, 5.74) is 0.862. The Morgan fingerprint density at radius 3 is 2.36 bits per heavy atom. The largest absolute Gasteiger partial charge is 0.481 e. The molecule has 5 unspecified atom stereocenters. The van der Waals surface area contributed by atoms with Crippen LogP contribution in [-0.4, -0.2) is 22.3 Å². The maximum Gasteiger partial charge on any atom is 0.306 e. The van der Waals surface area contributed by atoms with E-state index >= 15 is 0 Å². The highest BCUT2D eigenvalue weighted by Crippen LogP contribution is 2.68. The molecule has 0 amide bonds. The van der Waals surface area contributed by atoms with Crippen LogP contribution in [0, 0.1) is 52.3 Å². The molecule has 3 nitrogen and oxygen atoms in total. The van der Waals surface area contributed by atoms with Crippen LogP contribution in [0.25, 0.3) is 0 Å². The third kappa shape index (κ3) is 3.15. The highest BCUT2D eigenvalue weighted by atomic mass is 16.4. The summed E-state index contributed by atoms with van der Waals surface area (Å²) in [5.74, 6) is 3.62. The second-order valence-corrected chi connectivity index (χ2v) is 11.8. The van der Waals surface area contributed by atoms with Crippen molar-refractivity contribution in [1.82, 2.24) is 0 Å². The van der Waals surface area contributed by atoms with Gasteiger partial charge in [0.2, 0.25) is 0 Å². The molecule has 0 aliphatic heterocycles. The minimum Gasteiger partial charge on any atom is -0.481 e. The van der Waals surface area contributed by atoms with Crippen molar-refractivity contribution >= 4 is 5.97 Å². The molecule has 2 N–H and O–H groups in total. The molecule has 4 saturated carbocycles. The number of hydrogen-bond donors (Lipinski definition) is 2. The zero-order valence-corrected chi connectivity index (χ0v) is 18.5. The van der Waals surface area contributed by atoms with E-state index in [1.165, 1.54) is 44.9 Å². The Balaban J connectivity index is 1.51. The van der Waals surface area contributed by atoms with Gasteiger partial charge >= 0.3 is 5.97 Å².